The number of nitrogens with one attached hydrogen (secondary N) is 1. The summed E-state index contributed by atoms with van der Waals surface area (Å²) in [4.78, 5) is 3.93. The van der Waals surface area contributed by atoms with Gasteiger partial charge in [-0.05, 0) is 44.1 Å². The number of aryl methyl sites for hydroxylation is 1. The summed E-state index contributed by atoms with van der Waals surface area (Å²) in [6, 6.07) is 3.93. The molecule has 1 rings (SSSR count). The Morgan fingerprint density at radius 3 is 3.08 bits per heavy atom. The molecule has 1 heterocycles. The summed E-state index contributed by atoms with van der Waals surface area (Å²) < 4.78 is 0. The molecule has 0 spiro atoms. The van der Waals surface area contributed by atoms with Crippen molar-refractivity contribution < 1.29 is 0 Å². The average Bonchev–Trinajstić information content (AvgIpc) is 2.05. The van der Waals surface area contributed by atoms with Gasteiger partial charge < -0.3 is 11.1 Å². The second-order valence-corrected chi connectivity index (χ2v) is 2.80. The minimum absolute atomic E-state index is 0.608. The van der Waals surface area contributed by atoms with Gasteiger partial charge in [0.2, 0.25) is 0 Å². The van der Waals surface area contributed by atoms with E-state index in [1.165, 1.54) is 5.56 Å². The number of nitrogens with zero attached hydrogens (tertiary/aromatic N) is 1. The van der Waals surface area contributed by atoms with E-state index in [2.05, 4.69) is 10.3 Å². The van der Waals surface area contributed by atoms with Crippen molar-refractivity contribution in [3.05, 3.63) is 23.9 Å². The smallest absolute Gasteiger partial charge is 0.123 e. The normalized spacial score (nSPS) is 10.1. The number of nitrogens with two attached hydrogens (primary N) is 1. The highest BCUT2D eigenvalue weighted by atomic mass is 14.8. The molecule has 3 N–H and O–H groups in total. The van der Waals surface area contributed by atoms with E-state index in [1.54, 1.807) is 6.20 Å². The van der Waals surface area contributed by atoms with Gasteiger partial charge in [-0.2, -0.15) is 0 Å². The topological polar surface area (TPSA) is 50.9 Å². The van der Waals surface area contributed by atoms with Crippen molar-refractivity contribution in [3.8, 4) is 0 Å². The van der Waals surface area contributed by atoms with Crippen molar-refractivity contribution in [2.24, 2.45) is 0 Å². The summed E-state index contributed by atoms with van der Waals surface area (Å²) in [5.74, 6) is 0.608. The molecular weight excluding hydrogens is 150 g/mol. The lowest BCUT2D eigenvalue weighted by Crippen LogP contribution is -2.08. The highest BCUT2D eigenvalue weighted by Crippen LogP contribution is 2.04. The Labute approximate surface area is 73.0 Å². The molecule has 1 aromatic rings. The maximum absolute atomic E-state index is 5.54. The lowest BCUT2D eigenvalue weighted by atomic mass is 10.1. The SMILES string of the molecule is CNCCCc1ccnc(N)c1. The molecule has 0 fully saturated rings. The third kappa shape index (κ3) is 2.88. The number of hydrogen-bond acceptors (Lipinski definition) is 3. The summed E-state index contributed by atoms with van der Waals surface area (Å²) in [6.07, 6.45) is 3.96. The summed E-state index contributed by atoms with van der Waals surface area (Å²) in [5, 5.41) is 3.11. The van der Waals surface area contributed by atoms with Gasteiger partial charge in [0.1, 0.15) is 5.82 Å². The molecule has 12 heavy (non-hydrogen) atoms. The average molecular weight is 165 g/mol. The van der Waals surface area contributed by atoms with Crippen LogP contribution in [-0.2, 0) is 6.42 Å². The Kier molecular flexibility index (Phi) is 3.54. The Hall–Kier alpha value is -1.09. The van der Waals surface area contributed by atoms with Crippen LogP contribution in [0.2, 0.25) is 0 Å². The summed E-state index contributed by atoms with van der Waals surface area (Å²) in [6.45, 7) is 1.04. The van der Waals surface area contributed by atoms with Gasteiger partial charge in [-0.15, -0.1) is 0 Å². The second kappa shape index (κ2) is 4.72. The molecular formula is C9H15N3. The van der Waals surface area contributed by atoms with Crippen LogP contribution in [-0.4, -0.2) is 18.6 Å². The van der Waals surface area contributed by atoms with Gasteiger partial charge in [0.15, 0.2) is 0 Å². The van der Waals surface area contributed by atoms with Crippen LogP contribution in [0.1, 0.15) is 12.0 Å². The van der Waals surface area contributed by atoms with Crippen LogP contribution in [0.3, 0.4) is 0 Å². The zero-order chi connectivity index (χ0) is 8.81. The van der Waals surface area contributed by atoms with E-state index in [4.69, 9.17) is 5.73 Å². The minimum atomic E-state index is 0.608. The first kappa shape index (κ1) is 9.00. The fourth-order valence-electron chi connectivity index (χ4n) is 1.12. The molecule has 0 aliphatic heterocycles. The lowest BCUT2D eigenvalue weighted by Gasteiger charge is -2.00. The van der Waals surface area contributed by atoms with E-state index < -0.39 is 0 Å². The van der Waals surface area contributed by atoms with Gasteiger partial charge in [0.05, 0.1) is 0 Å². The first-order chi connectivity index (χ1) is 5.83. The third-order valence-electron chi connectivity index (χ3n) is 1.74. The molecule has 0 atom stereocenters. The van der Waals surface area contributed by atoms with Crippen LogP contribution in [0.25, 0.3) is 0 Å². The predicted molar refractivity (Wildman–Crippen MR) is 50.9 cm³/mol. The fraction of sp³-hybridized carbons (Fsp3) is 0.444. The van der Waals surface area contributed by atoms with Gasteiger partial charge in [0, 0.05) is 6.20 Å². The molecule has 3 heteroatoms. The van der Waals surface area contributed by atoms with Crippen molar-refractivity contribution in [2.45, 2.75) is 12.8 Å². The maximum Gasteiger partial charge on any atom is 0.123 e. The van der Waals surface area contributed by atoms with Gasteiger partial charge in [-0.3, -0.25) is 0 Å². The van der Waals surface area contributed by atoms with Crippen LogP contribution in [0.4, 0.5) is 5.82 Å². The zero-order valence-electron chi connectivity index (χ0n) is 7.38. The van der Waals surface area contributed by atoms with E-state index >= 15 is 0 Å². The summed E-state index contributed by atoms with van der Waals surface area (Å²) in [5.41, 5.74) is 6.80. The van der Waals surface area contributed by atoms with Crippen molar-refractivity contribution in [1.82, 2.24) is 10.3 Å². The van der Waals surface area contributed by atoms with Crippen LogP contribution >= 0.6 is 0 Å². The van der Waals surface area contributed by atoms with E-state index in [1.807, 2.05) is 19.2 Å². The number of aromatic nitrogens is 1. The van der Waals surface area contributed by atoms with Crippen LogP contribution in [0.5, 0.6) is 0 Å². The Morgan fingerprint density at radius 2 is 2.42 bits per heavy atom. The van der Waals surface area contributed by atoms with E-state index in [0.29, 0.717) is 5.82 Å². The fourth-order valence-corrected chi connectivity index (χ4v) is 1.12. The number of rotatable bonds is 4. The molecule has 1 aromatic heterocycles. The Bertz CT molecular complexity index is 235. The van der Waals surface area contributed by atoms with Crippen molar-refractivity contribution in [1.29, 1.82) is 0 Å². The molecule has 0 aliphatic carbocycles. The molecule has 0 radical (unpaired) electrons. The zero-order valence-corrected chi connectivity index (χ0v) is 7.38. The molecule has 0 aliphatic rings. The van der Waals surface area contributed by atoms with E-state index in [-0.39, 0.29) is 0 Å². The lowest BCUT2D eigenvalue weighted by molar-refractivity contribution is 0.724. The van der Waals surface area contributed by atoms with Gasteiger partial charge >= 0.3 is 0 Å². The highest BCUT2D eigenvalue weighted by Gasteiger charge is 1.93. The van der Waals surface area contributed by atoms with E-state index in [9.17, 15) is 0 Å². The van der Waals surface area contributed by atoms with Crippen molar-refractivity contribution in [3.63, 3.8) is 0 Å². The second-order valence-electron chi connectivity index (χ2n) is 2.80. The van der Waals surface area contributed by atoms with Gasteiger partial charge in [0.25, 0.3) is 0 Å². The molecule has 3 nitrogen and oxygen atoms in total. The molecule has 0 unspecified atom stereocenters. The van der Waals surface area contributed by atoms with Crippen LogP contribution in [0, 0.1) is 0 Å². The number of pyridine rings is 1. The van der Waals surface area contributed by atoms with Crippen LogP contribution < -0.4 is 11.1 Å². The molecule has 0 bridgehead atoms. The Morgan fingerprint density at radius 1 is 1.58 bits per heavy atom. The van der Waals surface area contributed by atoms with E-state index in [0.717, 1.165) is 19.4 Å². The van der Waals surface area contributed by atoms with Gasteiger partial charge in [-0.25, -0.2) is 4.98 Å². The first-order valence-electron chi connectivity index (χ1n) is 4.18. The standard InChI is InChI=1S/C9H15N3/c1-11-5-2-3-8-4-6-12-9(10)7-8/h4,6-7,11H,2-3,5H2,1H3,(H2,10,12). The maximum atomic E-state index is 5.54. The van der Waals surface area contributed by atoms with Crippen molar-refractivity contribution in [2.75, 3.05) is 19.3 Å². The van der Waals surface area contributed by atoms with Gasteiger partial charge in [-0.1, -0.05) is 0 Å². The molecule has 0 aromatic carbocycles. The van der Waals surface area contributed by atoms with Crippen molar-refractivity contribution >= 4 is 5.82 Å². The summed E-state index contributed by atoms with van der Waals surface area (Å²) >= 11 is 0. The monoisotopic (exact) mass is 165 g/mol. The molecule has 0 saturated heterocycles. The molecule has 66 valence electrons. The first-order valence-corrected chi connectivity index (χ1v) is 4.18. The minimum Gasteiger partial charge on any atom is -0.384 e. The quantitative estimate of drug-likeness (QED) is 0.649. The number of hydrogen-bond donors (Lipinski definition) is 2. The highest BCUT2D eigenvalue weighted by molar-refractivity contribution is 5.31. The number of anilines is 1. The molecule has 0 saturated carbocycles. The number of nitrogen functional groups attached to an aromatic ring is 1. The van der Waals surface area contributed by atoms with Crippen LogP contribution in [0.15, 0.2) is 18.3 Å². The molecule has 0 amide bonds. The third-order valence-corrected chi connectivity index (χ3v) is 1.74. The predicted octanol–water partition coefficient (Wildman–Crippen LogP) is 0.816. The Balaban J connectivity index is 2.41. The largest absolute Gasteiger partial charge is 0.384 e. The summed E-state index contributed by atoms with van der Waals surface area (Å²) in [7, 11) is 1.96.